The van der Waals surface area contributed by atoms with E-state index in [0.29, 0.717) is 23.3 Å². The van der Waals surface area contributed by atoms with Crippen molar-refractivity contribution in [3.05, 3.63) is 71.2 Å². The molecule has 0 spiro atoms. The van der Waals surface area contributed by atoms with Crippen molar-refractivity contribution in [1.29, 1.82) is 0 Å². The second-order valence-corrected chi connectivity index (χ2v) is 11.1. The Morgan fingerprint density at radius 2 is 1.83 bits per heavy atom. The molecule has 2 heterocycles. The summed E-state index contributed by atoms with van der Waals surface area (Å²) in [4.78, 5) is 21.8. The second kappa shape index (κ2) is 9.18. The SMILES string of the molecule is C[C@@H](C1=Nc2ccc(C(=O)OC(C)(C)C)cc2C1)C1CCC(c2ccnc3ccc(F)cc23)CC1. The van der Waals surface area contributed by atoms with Crippen LogP contribution in [0.5, 0.6) is 0 Å². The van der Waals surface area contributed by atoms with Gasteiger partial charge in [0.1, 0.15) is 11.4 Å². The van der Waals surface area contributed by atoms with E-state index >= 15 is 0 Å². The molecule has 1 aliphatic heterocycles. The molecule has 1 aliphatic carbocycles. The number of aliphatic imine (C=N–C) groups is 1. The highest BCUT2D eigenvalue weighted by molar-refractivity contribution is 5.97. The van der Waals surface area contributed by atoms with E-state index in [1.165, 1.54) is 17.3 Å². The lowest BCUT2D eigenvalue weighted by atomic mass is 9.72. The van der Waals surface area contributed by atoms with E-state index in [0.717, 1.165) is 54.3 Å². The van der Waals surface area contributed by atoms with Crippen molar-refractivity contribution in [3.63, 3.8) is 0 Å². The van der Waals surface area contributed by atoms with E-state index in [-0.39, 0.29) is 11.8 Å². The molecule has 0 radical (unpaired) electrons. The van der Waals surface area contributed by atoms with Crippen molar-refractivity contribution >= 4 is 28.3 Å². The van der Waals surface area contributed by atoms with Gasteiger partial charge in [-0.25, -0.2) is 9.18 Å². The van der Waals surface area contributed by atoms with Crippen LogP contribution in [0.1, 0.15) is 80.8 Å². The van der Waals surface area contributed by atoms with Crippen LogP contribution in [0.15, 0.2) is 53.7 Å². The first-order valence-electron chi connectivity index (χ1n) is 12.7. The Labute approximate surface area is 206 Å². The Hall–Kier alpha value is -3.08. The zero-order valence-electron chi connectivity index (χ0n) is 21.0. The average Bonchev–Trinajstić information content (AvgIpc) is 3.26. The van der Waals surface area contributed by atoms with Gasteiger partial charge in [0.25, 0.3) is 0 Å². The number of esters is 1. The van der Waals surface area contributed by atoms with Gasteiger partial charge in [-0.15, -0.1) is 0 Å². The van der Waals surface area contributed by atoms with Gasteiger partial charge < -0.3 is 4.74 Å². The molecular weight excluding hydrogens is 439 g/mol. The minimum atomic E-state index is -0.512. The Bertz CT molecular complexity index is 1300. The number of ether oxygens (including phenoxy) is 1. The van der Waals surface area contributed by atoms with Crippen molar-refractivity contribution in [1.82, 2.24) is 4.98 Å². The Kier molecular flexibility index (Phi) is 6.20. The number of carbonyl (C=O) groups is 1. The highest BCUT2D eigenvalue weighted by Crippen LogP contribution is 2.42. The van der Waals surface area contributed by atoms with Crippen LogP contribution in [0, 0.1) is 17.7 Å². The van der Waals surface area contributed by atoms with E-state index in [4.69, 9.17) is 9.73 Å². The van der Waals surface area contributed by atoms with E-state index in [1.807, 2.05) is 45.2 Å². The summed E-state index contributed by atoms with van der Waals surface area (Å²) in [5.74, 6) is 0.908. The molecule has 35 heavy (non-hydrogen) atoms. The summed E-state index contributed by atoms with van der Waals surface area (Å²) in [5, 5.41) is 0.945. The zero-order chi connectivity index (χ0) is 24.7. The third-order valence-electron chi connectivity index (χ3n) is 7.53. The maximum absolute atomic E-state index is 13.9. The number of benzene rings is 2. The van der Waals surface area contributed by atoms with Gasteiger partial charge in [0.05, 0.1) is 16.8 Å². The normalized spacial score (nSPS) is 20.9. The minimum Gasteiger partial charge on any atom is -0.456 e. The van der Waals surface area contributed by atoms with Crippen molar-refractivity contribution in [2.45, 2.75) is 71.3 Å². The topological polar surface area (TPSA) is 51.5 Å². The number of fused-ring (bicyclic) bond motifs is 2. The molecule has 2 aromatic carbocycles. The zero-order valence-corrected chi connectivity index (χ0v) is 21.0. The van der Waals surface area contributed by atoms with Crippen LogP contribution in [0.4, 0.5) is 10.1 Å². The van der Waals surface area contributed by atoms with Crippen molar-refractivity contribution < 1.29 is 13.9 Å². The van der Waals surface area contributed by atoms with Gasteiger partial charge in [-0.2, -0.15) is 0 Å². The molecule has 2 aliphatic rings. The van der Waals surface area contributed by atoms with Crippen LogP contribution in [-0.2, 0) is 11.2 Å². The lowest BCUT2D eigenvalue weighted by Gasteiger charge is -2.33. The van der Waals surface area contributed by atoms with Crippen LogP contribution >= 0.6 is 0 Å². The van der Waals surface area contributed by atoms with Crippen LogP contribution in [0.2, 0.25) is 0 Å². The lowest BCUT2D eigenvalue weighted by Crippen LogP contribution is -2.25. The summed E-state index contributed by atoms with van der Waals surface area (Å²) >= 11 is 0. The molecule has 3 aromatic rings. The van der Waals surface area contributed by atoms with E-state index in [2.05, 4.69) is 18.0 Å². The minimum absolute atomic E-state index is 0.206. The predicted octanol–water partition coefficient (Wildman–Crippen LogP) is 7.57. The van der Waals surface area contributed by atoms with Gasteiger partial charge in [0.15, 0.2) is 0 Å². The Morgan fingerprint density at radius 3 is 2.57 bits per heavy atom. The number of pyridine rings is 1. The summed E-state index contributed by atoms with van der Waals surface area (Å²) in [6, 6.07) is 12.6. The highest BCUT2D eigenvalue weighted by Gasteiger charge is 2.31. The first-order chi connectivity index (χ1) is 16.7. The standard InChI is InChI=1S/C30H33FN2O2/c1-18(28-16-22-15-21(9-11-26(22)33-28)29(34)35-30(2,3)4)19-5-7-20(8-6-19)24-13-14-32-27-12-10-23(31)17-25(24)27/h9-15,17-20H,5-8,16H2,1-4H3/t18-,19?,20?/m1/s1. The first kappa shape index (κ1) is 23.7. The molecule has 5 heteroatoms. The number of hydrogen-bond donors (Lipinski definition) is 0. The van der Waals surface area contributed by atoms with Crippen LogP contribution < -0.4 is 0 Å². The predicted molar refractivity (Wildman–Crippen MR) is 138 cm³/mol. The number of nitrogens with zero attached hydrogens (tertiary/aromatic N) is 2. The van der Waals surface area contributed by atoms with Gasteiger partial charge in [-0.05, 0) is 118 Å². The highest BCUT2D eigenvalue weighted by atomic mass is 19.1. The summed E-state index contributed by atoms with van der Waals surface area (Å²) in [6.07, 6.45) is 7.08. The largest absolute Gasteiger partial charge is 0.456 e. The first-order valence-corrected chi connectivity index (χ1v) is 12.7. The van der Waals surface area contributed by atoms with Crippen molar-refractivity contribution in [2.24, 2.45) is 16.8 Å². The molecule has 182 valence electrons. The van der Waals surface area contributed by atoms with E-state index in [9.17, 15) is 9.18 Å². The molecule has 0 N–H and O–H groups in total. The molecule has 1 fully saturated rings. The van der Waals surface area contributed by atoms with E-state index in [1.54, 1.807) is 12.1 Å². The Morgan fingerprint density at radius 1 is 1.06 bits per heavy atom. The number of hydrogen-bond acceptors (Lipinski definition) is 4. The van der Waals surface area contributed by atoms with Gasteiger partial charge >= 0.3 is 5.97 Å². The summed E-state index contributed by atoms with van der Waals surface area (Å²) in [5.41, 5.74) is 5.45. The second-order valence-electron chi connectivity index (χ2n) is 11.1. The molecule has 1 saturated carbocycles. The number of halogens is 1. The molecule has 0 bridgehead atoms. The van der Waals surface area contributed by atoms with Crippen molar-refractivity contribution in [2.75, 3.05) is 0 Å². The van der Waals surface area contributed by atoms with Crippen LogP contribution in [0.25, 0.3) is 10.9 Å². The molecule has 0 amide bonds. The maximum atomic E-state index is 13.9. The molecule has 4 nitrogen and oxygen atoms in total. The van der Waals surface area contributed by atoms with Crippen molar-refractivity contribution in [3.8, 4) is 0 Å². The van der Waals surface area contributed by atoms with E-state index < -0.39 is 5.60 Å². The summed E-state index contributed by atoms with van der Waals surface area (Å²) in [6.45, 7) is 7.93. The third kappa shape index (κ3) is 5.00. The number of carbonyl (C=O) groups excluding carboxylic acids is 1. The molecule has 0 saturated heterocycles. The summed E-state index contributed by atoms with van der Waals surface area (Å²) in [7, 11) is 0. The molecule has 1 atom stereocenters. The lowest BCUT2D eigenvalue weighted by molar-refractivity contribution is 0.00694. The number of rotatable bonds is 4. The van der Waals surface area contributed by atoms with Crippen LogP contribution in [-0.4, -0.2) is 22.3 Å². The average molecular weight is 473 g/mol. The Balaban J connectivity index is 1.24. The molecule has 5 rings (SSSR count). The van der Waals surface area contributed by atoms with Gasteiger partial charge in [0, 0.05) is 23.7 Å². The molecule has 1 aromatic heterocycles. The van der Waals surface area contributed by atoms with Crippen LogP contribution in [0.3, 0.4) is 0 Å². The maximum Gasteiger partial charge on any atom is 0.338 e. The third-order valence-corrected chi connectivity index (χ3v) is 7.53. The summed E-state index contributed by atoms with van der Waals surface area (Å²) < 4.78 is 19.4. The number of aromatic nitrogens is 1. The van der Waals surface area contributed by atoms with Gasteiger partial charge in [-0.1, -0.05) is 6.92 Å². The molecule has 0 unspecified atom stereocenters. The monoisotopic (exact) mass is 472 g/mol. The quantitative estimate of drug-likeness (QED) is 0.368. The smallest absolute Gasteiger partial charge is 0.338 e. The van der Waals surface area contributed by atoms with Gasteiger partial charge in [0.2, 0.25) is 0 Å². The fourth-order valence-electron chi connectivity index (χ4n) is 5.65. The fraction of sp³-hybridized carbons (Fsp3) is 0.433. The fourth-order valence-corrected chi connectivity index (χ4v) is 5.65. The molecular formula is C30H33FN2O2. The van der Waals surface area contributed by atoms with Gasteiger partial charge in [-0.3, -0.25) is 9.98 Å².